The summed E-state index contributed by atoms with van der Waals surface area (Å²) in [7, 11) is 1.66. The molecule has 0 spiro atoms. The van der Waals surface area contributed by atoms with Gasteiger partial charge in [-0.05, 0) is 48.2 Å². The first kappa shape index (κ1) is 23.5. The van der Waals surface area contributed by atoms with Gasteiger partial charge >= 0.3 is 0 Å². The number of hydrogen-bond acceptors (Lipinski definition) is 6. The highest BCUT2D eigenvalue weighted by atomic mass is 16.6. The van der Waals surface area contributed by atoms with Crippen molar-refractivity contribution in [2.24, 2.45) is 0 Å². The molecular weight excluding hydrogens is 454 g/mol. The number of anilines is 1. The molecule has 8 heteroatoms. The number of methoxy groups -OCH3 is 1. The van der Waals surface area contributed by atoms with E-state index in [4.69, 9.17) is 14.8 Å². The van der Waals surface area contributed by atoms with Gasteiger partial charge in [0.2, 0.25) is 0 Å². The van der Waals surface area contributed by atoms with Gasteiger partial charge in [-0.15, -0.1) is 0 Å². The monoisotopic (exact) mass is 483 g/mol. The molecule has 184 valence electrons. The number of non-ortho nitro benzene ring substituents is 1. The van der Waals surface area contributed by atoms with Crippen LogP contribution in [0.1, 0.15) is 48.9 Å². The van der Waals surface area contributed by atoms with Gasteiger partial charge in [-0.1, -0.05) is 49.6 Å². The van der Waals surface area contributed by atoms with Crippen molar-refractivity contribution in [2.45, 2.75) is 44.7 Å². The molecule has 0 bridgehead atoms. The molecule has 36 heavy (non-hydrogen) atoms. The largest absolute Gasteiger partial charge is 0.497 e. The number of benzene rings is 2. The Bertz CT molecular complexity index is 1390. The summed E-state index contributed by atoms with van der Waals surface area (Å²) in [4.78, 5) is 15.5. The Labute approximate surface area is 209 Å². The van der Waals surface area contributed by atoms with Crippen molar-refractivity contribution in [2.75, 3.05) is 12.4 Å². The molecule has 0 aliphatic heterocycles. The van der Waals surface area contributed by atoms with E-state index in [0.29, 0.717) is 12.6 Å². The fourth-order valence-corrected chi connectivity index (χ4v) is 4.76. The third-order valence-electron chi connectivity index (χ3n) is 6.64. The summed E-state index contributed by atoms with van der Waals surface area (Å²) in [5.41, 5.74) is 3.67. The van der Waals surface area contributed by atoms with Gasteiger partial charge < -0.3 is 10.1 Å². The second kappa shape index (κ2) is 10.6. The number of rotatable bonds is 8. The summed E-state index contributed by atoms with van der Waals surface area (Å²) in [6.45, 7) is 0.595. The third kappa shape index (κ3) is 5.22. The average Bonchev–Trinajstić information content (AvgIpc) is 3.27. The highest BCUT2D eigenvalue weighted by molar-refractivity contribution is 5.97. The molecule has 2 aromatic carbocycles. The van der Waals surface area contributed by atoms with Gasteiger partial charge in [-0.25, -0.2) is 4.98 Å². The molecule has 0 radical (unpaired) electrons. The zero-order valence-corrected chi connectivity index (χ0v) is 20.3. The summed E-state index contributed by atoms with van der Waals surface area (Å²) >= 11 is 0. The van der Waals surface area contributed by atoms with Gasteiger partial charge in [0.15, 0.2) is 0 Å². The van der Waals surface area contributed by atoms with Crippen LogP contribution in [-0.4, -0.2) is 32.8 Å². The van der Waals surface area contributed by atoms with E-state index < -0.39 is 0 Å². The molecule has 1 aliphatic carbocycles. The van der Waals surface area contributed by atoms with E-state index >= 15 is 0 Å². The summed E-state index contributed by atoms with van der Waals surface area (Å²) in [5.74, 6) is 1.65. The predicted molar refractivity (Wildman–Crippen MR) is 142 cm³/mol. The van der Waals surface area contributed by atoms with Gasteiger partial charge in [-0.3, -0.25) is 14.8 Å². The lowest BCUT2D eigenvalue weighted by atomic mass is 9.95. The fourth-order valence-electron chi connectivity index (χ4n) is 4.76. The van der Waals surface area contributed by atoms with Gasteiger partial charge in [0, 0.05) is 24.4 Å². The number of pyridine rings is 1. The summed E-state index contributed by atoms with van der Waals surface area (Å²) in [6, 6.07) is 16.9. The number of nitro benzene ring substituents is 1. The number of hydrogen-bond donors (Lipinski definition) is 1. The van der Waals surface area contributed by atoms with Gasteiger partial charge in [0.1, 0.15) is 11.6 Å². The van der Waals surface area contributed by atoms with Crippen molar-refractivity contribution >= 4 is 34.6 Å². The highest BCUT2D eigenvalue weighted by Gasteiger charge is 2.19. The van der Waals surface area contributed by atoms with Crippen molar-refractivity contribution in [3.05, 3.63) is 87.7 Å². The lowest BCUT2D eigenvalue weighted by Crippen LogP contribution is -2.22. The van der Waals surface area contributed by atoms with Crippen LogP contribution in [0.4, 0.5) is 11.5 Å². The minimum Gasteiger partial charge on any atom is -0.497 e. The lowest BCUT2D eigenvalue weighted by Gasteiger charge is -2.23. The molecule has 0 saturated heterocycles. The lowest BCUT2D eigenvalue weighted by molar-refractivity contribution is -0.384. The predicted octanol–water partition coefficient (Wildman–Crippen LogP) is 6.31. The SMILES string of the molecule is COc1ccc(Cn2nc(C=Cc3cccc([N+](=O)[O-])c3)c3c(NC4CCCCC4)nccc32)cc1. The molecule has 1 N–H and O–H groups in total. The van der Waals surface area contributed by atoms with Crippen molar-refractivity contribution in [1.82, 2.24) is 14.8 Å². The average molecular weight is 484 g/mol. The zero-order chi connectivity index (χ0) is 24.9. The maximum absolute atomic E-state index is 11.2. The highest BCUT2D eigenvalue weighted by Crippen LogP contribution is 2.30. The van der Waals surface area contributed by atoms with Crippen molar-refractivity contribution in [1.29, 1.82) is 0 Å². The van der Waals surface area contributed by atoms with Crippen molar-refractivity contribution in [3.8, 4) is 5.75 Å². The van der Waals surface area contributed by atoms with E-state index in [1.54, 1.807) is 19.2 Å². The maximum atomic E-state index is 11.2. The van der Waals surface area contributed by atoms with E-state index in [2.05, 4.69) is 5.32 Å². The van der Waals surface area contributed by atoms with Gasteiger partial charge in [-0.2, -0.15) is 5.10 Å². The molecule has 2 heterocycles. The Balaban J connectivity index is 1.54. The number of ether oxygens (including phenoxy) is 1. The molecule has 1 fully saturated rings. The molecule has 4 aromatic rings. The number of aromatic nitrogens is 3. The topological polar surface area (TPSA) is 95.1 Å². The second-order valence-corrected chi connectivity index (χ2v) is 9.11. The van der Waals surface area contributed by atoms with E-state index in [-0.39, 0.29) is 10.6 Å². The Morgan fingerprint density at radius 3 is 2.67 bits per heavy atom. The van der Waals surface area contributed by atoms with E-state index in [1.165, 1.54) is 25.3 Å². The number of fused-ring (bicyclic) bond motifs is 1. The van der Waals surface area contributed by atoms with Gasteiger partial charge in [0.05, 0.1) is 35.2 Å². The van der Waals surface area contributed by atoms with Crippen LogP contribution in [0.15, 0.2) is 60.8 Å². The van der Waals surface area contributed by atoms with E-state index in [9.17, 15) is 10.1 Å². The first-order valence-corrected chi connectivity index (χ1v) is 12.3. The first-order chi connectivity index (χ1) is 17.6. The molecule has 1 aliphatic rings. The summed E-state index contributed by atoms with van der Waals surface area (Å²) in [5, 5.41) is 20.8. The van der Waals surface area contributed by atoms with Gasteiger partial charge in [0.25, 0.3) is 5.69 Å². The van der Waals surface area contributed by atoms with Crippen LogP contribution >= 0.6 is 0 Å². The summed E-state index contributed by atoms with van der Waals surface area (Å²) < 4.78 is 7.27. The van der Waals surface area contributed by atoms with Crippen LogP contribution in [0.5, 0.6) is 5.75 Å². The quantitative estimate of drug-likeness (QED) is 0.233. The number of nitrogens with one attached hydrogen (secondary N) is 1. The molecule has 0 unspecified atom stereocenters. The van der Waals surface area contributed by atoms with E-state index in [1.807, 2.05) is 59.4 Å². The molecule has 1 saturated carbocycles. The van der Waals surface area contributed by atoms with Crippen LogP contribution in [0, 0.1) is 10.1 Å². The smallest absolute Gasteiger partial charge is 0.270 e. The Hall–Kier alpha value is -4.20. The standard InChI is InChI=1S/C28H29N5O3/c1-36-24-13-10-21(11-14-24)19-32-26-16-17-29-28(30-22-7-3-2-4-8-22)27(26)25(31-32)15-12-20-6-5-9-23(18-20)33(34)35/h5-6,9-18,22H,2-4,7-8,19H2,1H3,(H,29,30). The molecule has 0 atom stereocenters. The van der Waals surface area contributed by atoms with Crippen LogP contribution in [0.2, 0.25) is 0 Å². The minimum absolute atomic E-state index is 0.0633. The molecule has 8 nitrogen and oxygen atoms in total. The Kier molecular flexibility index (Phi) is 6.93. The fraction of sp³-hybridized carbons (Fsp3) is 0.286. The molecular formula is C28H29N5O3. The van der Waals surface area contributed by atoms with E-state index in [0.717, 1.165) is 52.1 Å². The molecule has 0 amide bonds. The summed E-state index contributed by atoms with van der Waals surface area (Å²) in [6.07, 6.45) is 11.6. The normalized spacial score (nSPS) is 14.4. The van der Waals surface area contributed by atoms with Crippen LogP contribution in [0.25, 0.3) is 23.1 Å². The molecule has 5 rings (SSSR count). The van der Waals surface area contributed by atoms with Crippen molar-refractivity contribution < 1.29 is 9.66 Å². The van der Waals surface area contributed by atoms with Crippen LogP contribution < -0.4 is 10.1 Å². The van der Waals surface area contributed by atoms with Crippen molar-refractivity contribution in [3.63, 3.8) is 0 Å². The third-order valence-corrected chi connectivity index (χ3v) is 6.64. The minimum atomic E-state index is -0.383. The Morgan fingerprint density at radius 1 is 1.11 bits per heavy atom. The number of nitro groups is 1. The second-order valence-electron chi connectivity index (χ2n) is 9.11. The molecule has 2 aromatic heterocycles. The van der Waals surface area contributed by atoms with Crippen LogP contribution in [0.3, 0.4) is 0 Å². The van der Waals surface area contributed by atoms with Crippen LogP contribution in [-0.2, 0) is 6.54 Å². The Morgan fingerprint density at radius 2 is 1.92 bits per heavy atom. The zero-order valence-electron chi connectivity index (χ0n) is 20.3. The number of nitrogens with zero attached hydrogens (tertiary/aromatic N) is 4. The first-order valence-electron chi connectivity index (χ1n) is 12.3. The maximum Gasteiger partial charge on any atom is 0.270 e.